The maximum Gasteiger partial charge on any atom is 0.244 e. The van der Waals surface area contributed by atoms with Crippen LogP contribution < -0.4 is 24.7 Å². The average Bonchev–Trinajstić information content (AvgIpc) is 3.23. The summed E-state index contributed by atoms with van der Waals surface area (Å²) in [5.41, 5.74) is 9.86. The zero-order valence-corrected chi connectivity index (χ0v) is 19.6. The van der Waals surface area contributed by atoms with Gasteiger partial charge in [0.05, 0.1) is 38.5 Å². The fourth-order valence-corrected chi connectivity index (χ4v) is 4.73. The predicted octanol–water partition coefficient (Wildman–Crippen LogP) is 4.25. The number of hydrogen-bond acceptors (Lipinski definition) is 8. The molecule has 8 nitrogen and oxygen atoms in total. The lowest BCUT2D eigenvalue weighted by atomic mass is 9.83. The molecular formula is C24H24N4O4S. The highest BCUT2D eigenvalue weighted by Gasteiger charge is 2.38. The molecule has 0 aliphatic carbocycles. The Hall–Kier alpha value is -3.77. The Morgan fingerprint density at radius 1 is 1.09 bits per heavy atom. The maximum absolute atomic E-state index is 9.97. The van der Waals surface area contributed by atoms with Crippen molar-refractivity contribution in [1.29, 1.82) is 5.26 Å². The number of aromatic amines is 1. The van der Waals surface area contributed by atoms with Crippen molar-refractivity contribution in [2.24, 2.45) is 5.73 Å². The number of nitrogens with one attached hydrogen (secondary N) is 1. The number of methoxy groups -OCH3 is 3. The number of nitrogens with two attached hydrogens (primary N) is 1. The molecule has 1 aromatic heterocycles. The number of benzene rings is 2. The van der Waals surface area contributed by atoms with Crippen LogP contribution in [0, 0.1) is 18.3 Å². The van der Waals surface area contributed by atoms with E-state index in [4.69, 9.17) is 24.7 Å². The van der Waals surface area contributed by atoms with Crippen molar-refractivity contribution in [1.82, 2.24) is 10.2 Å². The number of allylic oxidation sites excluding steroid dienone is 1. The molecule has 2 aromatic carbocycles. The van der Waals surface area contributed by atoms with Crippen LogP contribution in [0.3, 0.4) is 0 Å². The Kier molecular flexibility index (Phi) is 6.38. The summed E-state index contributed by atoms with van der Waals surface area (Å²) in [5, 5.41) is 17.4. The van der Waals surface area contributed by atoms with Gasteiger partial charge in [0.15, 0.2) is 11.5 Å². The van der Waals surface area contributed by atoms with Gasteiger partial charge in [-0.2, -0.15) is 5.26 Å². The number of ether oxygens (including phenoxy) is 4. The lowest BCUT2D eigenvalue weighted by Crippen LogP contribution is -2.21. The molecule has 1 aliphatic rings. The van der Waals surface area contributed by atoms with Crippen LogP contribution in [0.1, 0.15) is 28.3 Å². The number of thioether (sulfide) groups is 1. The van der Waals surface area contributed by atoms with Crippen LogP contribution in [0.5, 0.6) is 23.1 Å². The highest BCUT2D eigenvalue weighted by atomic mass is 32.2. The number of hydrogen-bond donors (Lipinski definition) is 2. The van der Waals surface area contributed by atoms with Gasteiger partial charge in [0, 0.05) is 16.2 Å². The first kappa shape index (κ1) is 22.4. The SMILES string of the molecule is COc1ccc(C2C(C#N)=C(N)Oc3n[nH]c(CSc4ccc(C)cc4)c32)c(OC)c1OC. The third-order valence-corrected chi connectivity index (χ3v) is 6.51. The fraction of sp³-hybridized carbons (Fsp3) is 0.250. The van der Waals surface area contributed by atoms with Crippen LogP contribution in [0.15, 0.2) is 52.7 Å². The Bertz CT molecular complexity index is 1240. The smallest absolute Gasteiger partial charge is 0.244 e. The van der Waals surface area contributed by atoms with Gasteiger partial charge in [-0.1, -0.05) is 23.8 Å². The number of rotatable bonds is 7. The zero-order valence-electron chi connectivity index (χ0n) is 18.8. The standard InChI is InChI=1S/C24H24N4O4S/c1-13-5-7-14(8-6-13)33-12-17-20-19(16(11-25)23(26)32-24(20)28-27-17)15-9-10-18(29-2)22(31-4)21(15)30-3/h5-10,19H,12,26H2,1-4H3,(H,27,28). The molecule has 2 heterocycles. The van der Waals surface area contributed by atoms with Crippen molar-refractivity contribution in [2.75, 3.05) is 21.3 Å². The summed E-state index contributed by atoms with van der Waals surface area (Å²) in [6.07, 6.45) is 0. The molecule has 0 radical (unpaired) electrons. The third-order valence-electron chi connectivity index (χ3n) is 5.47. The fourth-order valence-electron chi connectivity index (χ4n) is 3.87. The molecule has 0 bridgehead atoms. The first-order valence-electron chi connectivity index (χ1n) is 10.1. The van der Waals surface area contributed by atoms with Crippen LogP contribution in [0.2, 0.25) is 0 Å². The number of aromatic nitrogens is 2. The molecule has 0 fully saturated rings. The van der Waals surface area contributed by atoms with E-state index in [0.29, 0.717) is 34.4 Å². The highest BCUT2D eigenvalue weighted by molar-refractivity contribution is 7.98. The Morgan fingerprint density at radius 3 is 2.45 bits per heavy atom. The van der Waals surface area contributed by atoms with Crippen molar-refractivity contribution in [3.05, 3.63) is 70.2 Å². The van der Waals surface area contributed by atoms with Gasteiger partial charge in [-0.15, -0.1) is 16.9 Å². The second-order valence-corrected chi connectivity index (χ2v) is 8.42. The van der Waals surface area contributed by atoms with E-state index in [1.165, 1.54) is 12.7 Å². The van der Waals surface area contributed by atoms with Gasteiger partial charge in [0.1, 0.15) is 11.6 Å². The number of aryl methyl sites for hydroxylation is 1. The van der Waals surface area contributed by atoms with Crippen molar-refractivity contribution >= 4 is 11.8 Å². The molecule has 1 aliphatic heterocycles. The van der Waals surface area contributed by atoms with Gasteiger partial charge in [-0.05, 0) is 25.1 Å². The van der Waals surface area contributed by atoms with E-state index in [1.807, 2.05) is 6.07 Å². The second-order valence-electron chi connectivity index (χ2n) is 7.37. The van der Waals surface area contributed by atoms with Crippen molar-refractivity contribution in [3.8, 4) is 29.2 Å². The molecule has 0 amide bonds. The summed E-state index contributed by atoms with van der Waals surface area (Å²) in [6, 6.07) is 14.1. The van der Waals surface area contributed by atoms with Gasteiger partial charge >= 0.3 is 0 Å². The van der Waals surface area contributed by atoms with Crippen LogP contribution >= 0.6 is 11.8 Å². The van der Waals surface area contributed by atoms with E-state index in [9.17, 15) is 5.26 Å². The van der Waals surface area contributed by atoms with Crippen LogP contribution in [-0.2, 0) is 5.75 Å². The minimum Gasteiger partial charge on any atom is -0.493 e. The molecule has 33 heavy (non-hydrogen) atoms. The van der Waals surface area contributed by atoms with Crippen LogP contribution in [-0.4, -0.2) is 31.5 Å². The summed E-state index contributed by atoms with van der Waals surface area (Å²) in [4.78, 5) is 1.12. The zero-order chi connectivity index (χ0) is 23.5. The van der Waals surface area contributed by atoms with Crippen LogP contribution in [0.4, 0.5) is 0 Å². The van der Waals surface area contributed by atoms with Crippen LogP contribution in [0.25, 0.3) is 0 Å². The molecule has 9 heteroatoms. The number of fused-ring (bicyclic) bond motifs is 1. The minimum absolute atomic E-state index is 0.0103. The number of H-pyrrole nitrogens is 1. The molecule has 0 saturated carbocycles. The molecule has 1 unspecified atom stereocenters. The molecule has 0 saturated heterocycles. The lowest BCUT2D eigenvalue weighted by Gasteiger charge is -2.26. The van der Waals surface area contributed by atoms with Gasteiger partial charge in [0.25, 0.3) is 0 Å². The van der Waals surface area contributed by atoms with E-state index in [2.05, 4.69) is 47.5 Å². The Morgan fingerprint density at radius 2 is 1.82 bits per heavy atom. The number of nitrogens with zero attached hydrogens (tertiary/aromatic N) is 2. The molecule has 170 valence electrons. The topological polar surface area (TPSA) is 115 Å². The molecule has 4 rings (SSSR count). The summed E-state index contributed by atoms with van der Waals surface area (Å²) < 4.78 is 22.4. The van der Waals surface area contributed by atoms with E-state index in [-0.39, 0.29) is 11.5 Å². The quantitative estimate of drug-likeness (QED) is 0.499. The Labute approximate surface area is 196 Å². The lowest BCUT2D eigenvalue weighted by molar-refractivity contribution is 0.321. The monoisotopic (exact) mass is 464 g/mol. The second kappa shape index (κ2) is 9.38. The first-order valence-corrected chi connectivity index (χ1v) is 11.1. The summed E-state index contributed by atoms with van der Waals surface area (Å²) >= 11 is 1.66. The molecule has 0 spiro atoms. The molecular weight excluding hydrogens is 440 g/mol. The predicted molar refractivity (Wildman–Crippen MR) is 125 cm³/mol. The largest absolute Gasteiger partial charge is 0.493 e. The minimum atomic E-state index is -0.555. The molecule has 3 aromatic rings. The van der Waals surface area contributed by atoms with E-state index in [0.717, 1.165) is 16.2 Å². The van der Waals surface area contributed by atoms with E-state index < -0.39 is 5.92 Å². The van der Waals surface area contributed by atoms with E-state index in [1.54, 1.807) is 32.0 Å². The highest BCUT2D eigenvalue weighted by Crippen LogP contribution is 2.50. The van der Waals surface area contributed by atoms with Gasteiger partial charge in [-0.3, -0.25) is 5.10 Å². The maximum atomic E-state index is 9.97. The van der Waals surface area contributed by atoms with Gasteiger partial charge in [0.2, 0.25) is 17.5 Å². The third kappa shape index (κ3) is 4.05. The van der Waals surface area contributed by atoms with Crippen molar-refractivity contribution in [2.45, 2.75) is 23.5 Å². The summed E-state index contributed by atoms with van der Waals surface area (Å²) in [6.45, 7) is 2.05. The summed E-state index contributed by atoms with van der Waals surface area (Å²) in [5.74, 6) is 1.79. The molecule has 3 N–H and O–H groups in total. The van der Waals surface area contributed by atoms with Gasteiger partial charge in [-0.25, -0.2) is 0 Å². The average molecular weight is 465 g/mol. The first-order chi connectivity index (χ1) is 16.0. The molecule has 1 atom stereocenters. The number of nitriles is 1. The van der Waals surface area contributed by atoms with Gasteiger partial charge < -0.3 is 24.7 Å². The van der Waals surface area contributed by atoms with Crippen molar-refractivity contribution in [3.63, 3.8) is 0 Å². The van der Waals surface area contributed by atoms with E-state index >= 15 is 0 Å². The Balaban J connectivity index is 1.82. The van der Waals surface area contributed by atoms with Crippen molar-refractivity contribution < 1.29 is 18.9 Å². The normalized spacial score (nSPS) is 14.8. The summed E-state index contributed by atoms with van der Waals surface area (Å²) in [7, 11) is 4.64.